The maximum absolute atomic E-state index is 12.8. The van der Waals surface area contributed by atoms with Gasteiger partial charge >= 0.3 is 5.97 Å². The van der Waals surface area contributed by atoms with E-state index in [1.54, 1.807) is 18.0 Å². The number of hydrogen-bond acceptors (Lipinski definition) is 4. The number of pyridine rings is 1. The predicted molar refractivity (Wildman–Crippen MR) is 118 cm³/mol. The maximum Gasteiger partial charge on any atom is 0.310 e. The second-order valence-electron chi connectivity index (χ2n) is 9.07. The Balaban J connectivity index is 1.75. The molecule has 0 saturated heterocycles. The third-order valence-corrected chi connectivity index (χ3v) is 5.53. The highest BCUT2D eigenvalue weighted by Crippen LogP contribution is 2.39. The van der Waals surface area contributed by atoms with Crippen molar-refractivity contribution in [3.8, 4) is 0 Å². The second kappa shape index (κ2) is 9.41. The predicted octanol–water partition coefficient (Wildman–Crippen LogP) is 5.25. The maximum atomic E-state index is 12.8. The van der Waals surface area contributed by atoms with Crippen molar-refractivity contribution in [2.24, 2.45) is 5.92 Å². The van der Waals surface area contributed by atoms with Gasteiger partial charge in [0.2, 0.25) is 5.91 Å². The lowest BCUT2D eigenvalue weighted by molar-refractivity contribution is -0.161. The zero-order chi connectivity index (χ0) is 21.7. The van der Waals surface area contributed by atoms with Crippen LogP contribution in [0.5, 0.6) is 0 Å². The number of carbonyl (C=O) groups excluding carboxylic acids is 2. The van der Waals surface area contributed by atoms with Crippen molar-refractivity contribution in [2.75, 3.05) is 4.90 Å². The van der Waals surface area contributed by atoms with E-state index in [0.717, 1.165) is 31.2 Å². The molecule has 0 aliphatic heterocycles. The molecule has 0 N–H and O–H groups in total. The number of anilines is 1. The van der Waals surface area contributed by atoms with Gasteiger partial charge in [0.15, 0.2) is 0 Å². The van der Waals surface area contributed by atoms with E-state index in [2.05, 4.69) is 29.2 Å². The number of aromatic nitrogens is 1. The molecule has 1 unspecified atom stereocenters. The number of hydrogen-bond donors (Lipinski definition) is 0. The van der Waals surface area contributed by atoms with Crippen LogP contribution in [0.2, 0.25) is 0 Å². The summed E-state index contributed by atoms with van der Waals surface area (Å²) < 4.78 is 5.69. The molecule has 0 radical (unpaired) electrons. The molecule has 5 heteroatoms. The van der Waals surface area contributed by atoms with Crippen LogP contribution in [0.1, 0.15) is 70.4 Å². The number of benzene rings is 1. The Morgan fingerprint density at radius 3 is 2.37 bits per heavy atom. The van der Waals surface area contributed by atoms with Gasteiger partial charge in [-0.15, -0.1) is 0 Å². The van der Waals surface area contributed by atoms with Crippen LogP contribution in [-0.2, 0) is 20.9 Å². The smallest absolute Gasteiger partial charge is 0.310 e. The molecule has 1 aromatic heterocycles. The first-order valence-electron chi connectivity index (χ1n) is 10.8. The van der Waals surface area contributed by atoms with E-state index in [1.165, 1.54) is 5.56 Å². The summed E-state index contributed by atoms with van der Waals surface area (Å²) in [5.74, 6) is 0.601. The zero-order valence-electron chi connectivity index (χ0n) is 18.4. The van der Waals surface area contributed by atoms with E-state index in [1.807, 2.05) is 39.0 Å². The first kappa shape index (κ1) is 22.0. The molecule has 1 amide bonds. The molecule has 3 rings (SSSR count). The topological polar surface area (TPSA) is 59.5 Å². The molecule has 0 spiro atoms. The third-order valence-electron chi connectivity index (χ3n) is 5.53. The number of carbonyl (C=O) groups is 2. The number of amides is 1. The van der Waals surface area contributed by atoms with Crippen LogP contribution in [0.25, 0.3) is 0 Å². The van der Waals surface area contributed by atoms with Crippen molar-refractivity contribution < 1.29 is 14.3 Å². The van der Waals surface area contributed by atoms with Crippen molar-refractivity contribution in [3.05, 3.63) is 59.8 Å². The first-order chi connectivity index (χ1) is 14.2. The minimum Gasteiger partial charge on any atom is -0.460 e. The molecule has 30 heavy (non-hydrogen) atoms. The first-order valence-corrected chi connectivity index (χ1v) is 10.8. The molecule has 2 aromatic rings. The van der Waals surface area contributed by atoms with Gasteiger partial charge in [-0.3, -0.25) is 14.5 Å². The van der Waals surface area contributed by atoms with Gasteiger partial charge in [-0.25, -0.2) is 4.98 Å². The van der Waals surface area contributed by atoms with E-state index in [0.29, 0.717) is 12.4 Å². The van der Waals surface area contributed by atoms with Gasteiger partial charge in [-0.1, -0.05) is 43.2 Å². The van der Waals surface area contributed by atoms with E-state index < -0.39 is 5.60 Å². The fraction of sp³-hybridized carbons (Fsp3) is 0.480. The molecule has 1 fully saturated rings. The minimum atomic E-state index is -0.468. The van der Waals surface area contributed by atoms with Gasteiger partial charge in [0, 0.05) is 13.1 Å². The average molecular weight is 409 g/mol. The summed E-state index contributed by atoms with van der Waals surface area (Å²) in [5.41, 5.74) is 1.73. The molecule has 2 atom stereocenters. The van der Waals surface area contributed by atoms with Crippen LogP contribution in [0, 0.1) is 5.92 Å². The number of ether oxygens (including phenoxy) is 1. The number of nitrogens with zero attached hydrogens (tertiary/aromatic N) is 2. The lowest BCUT2D eigenvalue weighted by Gasteiger charge is -2.32. The molecule has 0 bridgehead atoms. The van der Waals surface area contributed by atoms with Crippen LogP contribution in [-0.4, -0.2) is 22.5 Å². The Morgan fingerprint density at radius 2 is 1.77 bits per heavy atom. The minimum absolute atomic E-state index is 0.0463. The largest absolute Gasteiger partial charge is 0.460 e. The quantitative estimate of drug-likeness (QED) is 0.634. The van der Waals surface area contributed by atoms with Gasteiger partial charge < -0.3 is 4.74 Å². The summed E-state index contributed by atoms with van der Waals surface area (Å²) >= 11 is 0. The fourth-order valence-electron chi connectivity index (χ4n) is 4.11. The van der Waals surface area contributed by atoms with E-state index in [9.17, 15) is 9.59 Å². The highest BCUT2D eigenvalue weighted by molar-refractivity contribution is 5.90. The summed E-state index contributed by atoms with van der Waals surface area (Å²) in [7, 11) is 0. The van der Waals surface area contributed by atoms with E-state index in [-0.39, 0.29) is 23.7 Å². The highest BCUT2D eigenvalue weighted by atomic mass is 16.6. The van der Waals surface area contributed by atoms with Crippen molar-refractivity contribution >= 4 is 17.7 Å². The third kappa shape index (κ3) is 5.68. The van der Waals surface area contributed by atoms with Gasteiger partial charge in [0.1, 0.15) is 11.4 Å². The van der Waals surface area contributed by atoms with Crippen LogP contribution >= 0.6 is 0 Å². The Labute approximate surface area is 179 Å². The molecule has 1 aliphatic rings. The fourth-order valence-corrected chi connectivity index (χ4v) is 4.11. The van der Waals surface area contributed by atoms with Crippen LogP contribution in [0.15, 0.2) is 48.7 Å². The summed E-state index contributed by atoms with van der Waals surface area (Å²) in [4.78, 5) is 30.9. The highest BCUT2D eigenvalue weighted by Gasteiger charge is 2.35. The van der Waals surface area contributed by atoms with Crippen molar-refractivity contribution in [1.82, 2.24) is 4.98 Å². The summed E-state index contributed by atoms with van der Waals surface area (Å²) in [6, 6.07) is 13.8. The Hall–Kier alpha value is -2.69. The van der Waals surface area contributed by atoms with Gasteiger partial charge in [-0.2, -0.15) is 0 Å². The van der Waals surface area contributed by atoms with Gasteiger partial charge in [0.25, 0.3) is 0 Å². The molecular weight excluding hydrogens is 376 g/mol. The zero-order valence-corrected chi connectivity index (χ0v) is 18.4. The Bertz CT molecular complexity index is 856. The lowest BCUT2D eigenvalue weighted by atomic mass is 9.75. The van der Waals surface area contributed by atoms with Crippen molar-refractivity contribution in [2.45, 2.75) is 71.4 Å². The lowest BCUT2D eigenvalue weighted by Crippen LogP contribution is -2.33. The summed E-state index contributed by atoms with van der Waals surface area (Å²) in [6.07, 6.45) is 5.75. The van der Waals surface area contributed by atoms with E-state index in [4.69, 9.17) is 4.74 Å². The SMILES string of the molecule is CC(=O)N(Cc1ccc(C2CCCC[C@H]2C(=O)OC(C)(C)C)cc1)c1ccccn1. The molecular formula is C25H32N2O3. The average Bonchev–Trinajstić information content (AvgIpc) is 2.71. The number of esters is 1. The van der Waals surface area contributed by atoms with Gasteiger partial charge in [0.05, 0.1) is 12.5 Å². The molecule has 5 nitrogen and oxygen atoms in total. The van der Waals surface area contributed by atoms with Crippen LogP contribution < -0.4 is 4.90 Å². The molecule has 1 aliphatic carbocycles. The Morgan fingerprint density at radius 1 is 1.07 bits per heavy atom. The molecule has 160 valence electrons. The summed E-state index contributed by atoms with van der Waals surface area (Å²) in [5, 5.41) is 0. The monoisotopic (exact) mass is 408 g/mol. The second-order valence-corrected chi connectivity index (χ2v) is 9.07. The van der Waals surface area contributed by atoms with Crippen molar-refractivity contribution in [1.29, 1.82) is 0 Å². The standard InChI is InChI=1S/C25H32N2O3/c1-18(28)27(23-11-7-8-16-26-23)17-19-12-14-20(15-13-19)21-9-5-6-10-22(21)24(29)30-25(2,3)4/h7-8,11-16,21-22H,5-6,9-10,17H2,1-4H3/t21?,22-/m1/s1. The molecule has 1 heterocycles. The van der Waals surface area contributed by atoms with Crippen LogP contribution in [0.3, 0.4) is 0 Å². The molecule has 1 aromatic carbocycles. The Kier molecular flexibility index (Phi) is 6.91. The van der Waals surface area contributed by atoms with E-state index >= 15 is 0 Å². The van der Waals surface area contributed by atoms with Crippen molar-refractivity contribution in [3.63, 3.8) is 0 Å². The molecule has 1 saturated carbocycles. The number of rotatable bonds is 5. The normalized spacial score (nSPS) is 19.2. The summed E-state index contributed by atoms with van der Waals surface area (Å²) in [6.45, 7) is 7.77. The van der Waals surface area contributed by atoms with Gasteiger partial charge in [-0.05, 0) is 62.8 Å². The van der Waals surface area contributed by atoms with Crippen LogP contribution in [0.4, 0.5) is 5.82 Å².